The third kappa shape index (κ3) is 4.12. The molecule has 1 saturated heterocycles. The fraction of sp³-hybridized carbons (Fsp3) is 0.333. The summed E-state index contributed by atoms with van der Waals surface area (Å²) in [6.45, 7) is 0. The Kier molecular flexibility index (Phi) is 5.76. The number of aliphatic hydroxyl groups excluding tert-OH is 3. The van der Waals surface area contributed by atoms with Crippen LogP contribution in [0.3, 0.4) is 0 Å². The molecule has 6 atom stereocenters. The number of carbonyl (C=O) groups is 2. The molecule has 0 aliphatic carbocycles. The predicted molar refractivity (Wildman–Crippen MR) is 105 cm³/mol. The molecule has 1 fully saturated rings. The Balaban J connectivity index is 1.61. The molecule has 4 rings (SSSR count). The summed E-state index contributed by atoms with van der Waals surface area (Å²) in [6, 6.07) is 6.12. The predicted octanol–water partition coefficient (Wildman–Crippen LogP) is -0.219. The normalized spacial score (nSPS) is 29.1. The van der Waals surface area contributed by atoms with Gasteiger partial charge in [-0.05, 0) is 17.7 Å². The second kappa shape index (κ2) is 8.41. The SMILES string of the molecule is O=C1C[C@@H](c2ccc(O)c(O)c2)Oc2cc(O[C@H]3O[C@H](C(=O)O)[C@H](O)[C@@H](O)[C@H]3O)cc(O)c21. The highest BCUT2D eigenvalue weighted by atomic mass is 16.7. The van der Waals surface area contributed by atoms with Crippen LogP contribution in [0.5, 0.6) is 28.7 Å². The zero-order chi connectivity index (χ0) is 24.0. The van der Waals surface area contributed by atoms with Gasteiger partial charge in [0.05, 0.1) is 6.42 Å². The number of hydrogen-bond acceptors (Lipinski definition) is 11. The van der Waals surface area contributed by atoms with Gasteiger partial charge < -0.3 is 50.0 Å². The second-order valence-corrected chi connectivity index (χ2v) is 7.65. The van der Waals surface area contributed by atoms with Gasteiger partial charge in [-0.25, -0.2) is 4.79 Å². The molecule has 0 aromatic heterocycles. The van der Waals surface area contributed by atoms with Crippen molar-refractivity contribution >= 4 is 11.8 Å². The summed E-state index contributed by atoms with van der Waals surface area (Å²) in [5.41, 5.74) is 0.244. The summed E-state index contributed by atoms with van der Waals surface area (Å²) in [7, 11) is 0. The van der Waals surface area contributed by atoms with Crippen molar-refractivity contribution in [2.24, 2.45) is 0 Å². The number of hydrogen-bond donors (Lipinski definition) is 7. The lowest BCUT2D eigenvalue weighted by molar-refractivity contribution is -0.271. The molecule has 2 aliphatic heterocycles. The Morgan fingerprint density at radius 2 is 1.67 bits per heavy atom. The zero-order valence-electron chi connectivity index (χ0n) is 16.7. The molecule has 2 heterocycles. The number of aliphatic carboxylic acids is 1. The van der Waals surface area contributed by atoms with Crippen LogP contribution in [-0.4, -0.2) is 78.2 Å². The van der Waals surface area contributed by atoms with Gasteiger partial charge in [-0.15, -0.1) is 0 Å². The lowest BCUT2D eigenvalue weighted by Crippen LogP contribution is -2.61. The van der Waals surface area contributed by atoms with Crippen molar-refractivity contribution in [2.45, 2.75) is 43.2 Å². The molecule has 0 saturated carbocycles. The highest BCUT2D eigenvalue weighted by Crippen LogP contribution is 2.43. The molecule has 12 heteroatoms. The van der Waals surface area contributed by atoms with E-state index in [2.05, 4.69) is 0 Å². The quantitative estimate of drug-likeness (QED) is 0.294. The average molecular weight is 464 g/mol. The summed E-state index contributed by atoms with van der Waals surface area (Å²) in [6.07, 6.45) is -10.3. The second-order valence-electron chi connectivity index (χ2n) is 7.65. The molecule has 33 heavy (non-hydrogen) atoms. The van der Waals surface area contributed by atoms with Crippen molar-refractivity contribution in [1.29, 1.82) is 0 Å². The summed E-state index contributed by atoms with van der Waals surface area (Å²) in [5, 5.41) is 68.5. The highest BCUT2D eigenvalue weighted by molar-refractivity contribution is 6.02. The van der Waals surface area contributed by atoms with Gasteiger partial charge in [-0.1, -0.05) is 6.07 Å². The Bertz CT molecular complexity index is 1100. The maximum atomic E-state index is 12.6. The van der Waals surface area contributed by atoms with Gasteiger partial charge in [0.1, 0.15) is 47.2 Å². The lowest BCUT2D eigenvalue weighted by Gasteiger charge is -2.38. The maximum Gasteiger partial charge on any atom is 0.335 e. The molecule has 12 nitrogen and oxygen atoms in total. The van der Waals surface area contributed by atoms with Crippen molar-refractivity contribution in [2.75, 3.05) is 0 Å². The largest absolute Gasteiger partial charge is 0.507 e. The van der Waals surface area contributed by atoms with E-state index in [9.17, 15) is 40.2 Å². The van der Waals surface area contributed by atoms with E-state index < -0.39 is 60.1 Å². The first kappa shape index (κ1) is 22.6. The van der Waals surface area contributed by atoms with Crippen molar-refractivity contribution in [1.82, 2.24) is 0 Å². The number of fused-ring (bicyclic) bond motifs is 1. The van der Waals surface area contributed by atoms with Crippen LogP contribution in [0.1, 0.15) is 28.4 Å². The fourth-order valence-corrected chi connectivity index (χ4v) is 3.69. The van der Waals surface area contributed by atoms with Gasteiger partial charge in [0.25, 0.3) is 0 Å². The Labute approximate surface area is 185 Å². The first-order valence-electron chi connectivity index (χ1n) is 9.74. The molecule has 0 amide bonds. The van der Waals surface area contributed by atoms with Gasteiger partial charge in [0.2, 0.25) is 6.29 Å². The standard InChI is InChI=1S/C21H20O12/c22-9-2-1-7(3-10(9)23)13-6-12(25)15-11(24)4-8(5-14(15)32-13)31-21-18(28)16(26)17(27)19(33-21)20(29)30/h1-5,13,16-19,21-24,26-28H,6H2,(H,29,30)/t13-,16+,17+,18+,19-,21-/m0/s1. The summed E-state index contributed by atoms with van der Waals surface area (Å²) >= 11 is 0. The number of phenols is 3. The summed E-state index contributed by atoms with van der Waals surface area (Å²) in [4.78, 5) is 23.9. The van der Waals surface area contributed by atoms with E-state index in [0.29, 0.717) is 5.56 Å². The maximum absolute atomic E-state index is 12.6. The van der Waals surface area contributed by atoms with Crippen molar-refractivity contribution < 1.29 is 59.5 Å². The van der Waals surface area contributed by atoms with Crippen LogP contribution in [0.25, 0.3) is 0 Å². The number of Topliss-reactive ketones (excluding diaryl/α,β-unsaturated/α-hetero) is 1. The van der Waals surface area contributed by atoms with Crippen LogP contribution in [0, 0.1) is 0 Å². The zero-order valence-corrected chi connectivity index (χ0v) is 16.7. The minimum Gasteiger partial charge on any atom is -0.507 e. The third-order valence-corrected chi connectivity index (χ3v) is 5.41. The van der Waals surface area contributed by atoms with E-state index >= 15 is 0 Å². The van der Waals surface area contributed by atoms with Crippen LogP contribution in [0.2, 0.25) is 0 Å². The lowest BCUT2D eigenvalue weighted by atomic mass is 9.95. The van der Waals surface area contributed by atoms with E-state index in [4.69, 9.17) is 19.3 Å². The minimum absolute atomic E-state index is 0.0977. The average Bonchev–Trinajstić information content (AvgIpc) is 2.75. The topological polar surface area (TPSA) is 203 Å². The van der Waals surface area contributed by atoms with Crippen molar-refractivity contribution in [3.8, 4) is 28.7 Å². The molecule has 0 bridgehead atoms. The number of aromatic hydroxyl groups is 3. The van der Waals surface area contributed by atoms with Crippen LogP contribution in [0.4, 0.5) is 0 Å². The smallest absolute Gasteiger partial charge is 0.335 e. The summed E-state index contributed by atoms with van der Waals surface area (Å²) < 4.78 is 16.2. The number of carboxylic acids is 1. The van der Waals surface area contributed by atoms with Gasteiger partial charge >= 0.3 is 5.97 Å². The molecule has 176 valence electrons. The summed E-state index contributed by atoms with van der Waals surface area (Å²) in [5.74, 6) is -3.63. The van der Waals surface area contributed by atoms with E-state index in [1.807, 2.05) is 0 Å². The molecule has 0 unspecified atom stereocenters. The number of phenolic OH excluding ortho intramolecular Hbond substituents is 3. The van der Waals surface area contributed by atoms with Crippen LogP contribution in [-0.2, 0) is 9.53 Å². The number of carbonyl (C=O) groups excluding carboxylic acids is 1. The van der Waals surface area contributed by atoms with Gasteiger partial charge in [-0.2, -0.15) is 0 Å². The Hall–Kier alpha value is -3.58. The van der Waals surface area contributed by atoms with E-state index in [1.165, 1.54) is 24.3 Å². The first-order valence-corrected chi connectivity index (χ1v) is 9.74. The highest BCUT2D eigenvalue weighted by Gasteiger charge is 2.48. The number of carboxylic acid groups (broad SMARTS) is 1. The first-order chi connectivity index (χ1) is 15.6. The van der Waals surface area contributed by atoms with Gasteiger partial charge in [0, 0.05) is 12.1 Å². The number of ether oxygens (including phenoxy) is 3. The van der Waals surface area contributed by atoms with E-state index in [1.54, 1.807) is 0 Å². The Morgan fingerprint density at radius 3 is 2.33 bits per heavy atom. The van der Waals surface area contributed by atoms with E-state index in [-0.39, 0.29) is 29.2 Å². The molecule has 7 N–H and O–H groups in total. The molecule has 2 aromatic carbocycles. The number of aliphatic hydroxyl groups is 3. The molecular formula is C21H20O12. The molecule has 0 radical (unpaired) electrons. The molecule has 2 aliphatic rings. The molecule has 0 spiro atoms. The van der Waals surface area contributed by atoms with Crippen molar-refractivity contribution in [3.63, 3.8) is 0 Å². The number of benzene rings is 2. The van der Waals surface area contributed by atoms with Crippen LogP contribution in [0.15, 0.2) is 30.3 Å². The van der Waals surface area contributed by atoms with Gasteiger partial charge in [-0.3, -0.25) is 4.79 Å². The van der Waals surface area contributed by atoms with Crippen LogP contribution < -0.4 is 9.47 Å². The minimum atomic E-state index is -1.90. The van der Waals surface area contributed by atoms with E-state index in [0.717, 1.165) is 6.07 Å². The third-order valence-electron chi connectivity index (χ3n) is 5.41. The van der Waals surface area contributed by atoms with Gasteiger partial charge in [0.15, 0.2) is 23.4 Å². The van der Waals surface area contributed by atoms with Crippen molar-refractivity contribution in [3.05, 3.63) is 41.5 Å². The monoisotopic (exact) mass is 464 g/mol. The Morgan fingerprint density at radius 1 is 0.939 bits per heavy atom. The number of ketones is 1. The fourth-order valence-electron chi connectivity index (χ4n) is 3.69. The number of rotatable bonds is 4. The van der Waals surface area contributed by atoms with Crippen LogP contribution >= 0.6 is 0 Å². The molecule has 2 aromatic rings. The molecular weight excluding hydrogens is 444 g/mol.